The van der Waals surface area contributed by atoms with Gasteiger partial charge in [0.15, 0.2) is 11.5 Å². The number of amides is 1. The number of carbonyl (C=O) groups is 1. The van der Waals surface area contributed by atoms with E-state index in [1.165, 1.54) is 0 Å². The maximum absolute atomic E-state index is 12.4. The summed E-state index contributed by atoms with van der Waals surface area (Å²) < 4.78 is 10.7. The fourth-order valence-corrected chi connectivity index (χ4v) is 2.66. The molecule has 1 heterocycles. The Balaban J connectivity index is 1.49. The van der Waals surface area contributed by atoms with Crippen molar-refractivity contribution in [1.82, 2.24) is 10.2 Å². The minimum absolute atomic E-state index is 0.0992. The number of carbonyl (C=O) groups excluding carboxylic acids is 1. The summed E-state index contributed by atoms with van der Waals surface area (Å²) in [5, 5.41) is 3.21. The predicted molar refractivity (Wildman–Crippen MR) is 91.8 cm³/mol. The number of benzene rings is 2. The third kappa shape index (κ3) is 4.06. The molecule has 0 bridgehead atoms. The average Bonchev–Trinajstić information content (AvgIpc) is 3.08. The van der Waals surface area contributed by atoms with Gasteiger partial charge in [0, 0.05) is 19.6 Å². The van der Waals surface area contributed by atoms with Crippen molar-refractivity contribution in [3.63, 3.8) is 0 Å². The van der Waals surface area contributed by atoms with E-state index in [9.17, 15) is 4.79 Å². The molecule has 5 heteroatoms. The first kappa shape index (κ1) is 16.3. The second kappa shape index (κ2) is 7.84. The molecule has 0 atom stereocenters. The molecule has 0 saturated carbocycles. The molecule has 0 unspecified atom stereocenters. The van der Waals surface area contributed by atoms with Crippen LogP contribution in [0.2, 0.25) is 0 Å². The van der Waals surface area contributed by atoms with E-state index in [0.29, 0.717) is 26.2 Å². The van der Waals surface area contributed by atoms with E-state index in [2.05, 4.69) is 5.32 Å². The van der Waals surface area contributed by atoms with Gasteiger partial charge in [0.05, 0.1) is 6.54 Å². The molecule has 1 N–H and O–H groups in total. The van der Waals surface area contributed by atoms with E-state index >= 15 is 0 Å². The van der Waals surface area contributed by atoms with E-state index in [4.69, 9.17) is 9.47 Å². The molecule has 1 aliphatic heterocycles. The standard InChI is InChI=1S/C19H22N2O3/c1-2-21(13-15-6-4-3-5-7-15)19(22)12-20-11-16-8-9-17-18(10-16)24-14-23-17/h3-10,20H,2,11-14H2,1H3. The second-order valence-electron chi connectivity index (χ2n) is 5.68. The van der Waals surface area contributed by atoms with Crippen LogP contribution < -0.4 is 14.8 Å². The Morgan fingerprint density at radius 3 is 2.67 bits per heavy atom. The highest BCUT2D eigenvalue weighted by Gasteiger charge is 2.14. The summed E-state index contributed by atoms with van der Waals surface area (Å²) >= 11 is 0. The summed E-state index contributed by atoms with van der Waals surface area (Å²) in [6.45, 7) is 4.54. The molecule has 24 heavy (non-hydrogen) atoms. The molecule has 2 aromatic rings. The van der Waals surface area contributed by atoms with Crippen LogP contribution >= 0.6 is 0 Å². The van der Waals surface area contributed by atoms with E-state index in [1.807, 2.05) is 60.4 Å². The molecule has 2 aromatic carbocycles. The lowest BCUT2D eigenvalue weighted by Gasteiger charge is -2.21. The molecule has 1 aliphatic rings. The lowest BCUT2D eigenvalue weighted by atomic mass is 10.2. The first-order chi connectivity index (χ1) is 11.8. The lowest BCUT2D eigenvalue weighted by Crippen LogP contribution is -2.37. The van der Waals surface area contributed by atoms with Gasteiger partial charge in [-0.25, -0.2) is 0 Å². The minimum atomic E-state index is 0.0992. The van der Waals surface area contributed by atoms with Gasteiger partial charge in [0.2, 0.25) is 12.7 Å². The summed E-state index contributed by atoms with van der Waals surface area (Å²) in [4.78, 5) is 14.2. The van der Waals surface area contributed by atoms with E-state index < -0.39 is 0 Å². The number of fused-ring (bicyclic) bond motifs is 1. The fraction of sp³-hybridized carbons (Fsp3) is 0.316. The minimum Gasteiger partial charge on any atom is -0.454 e. The number of rotatable bonds is 7. The predicted octanol–water partition coefficient (Wildman–Crippen LogP) is 2.55. The maximum atomic E-state index is 12.4. The van der Waals surface area contributed by atoms with Gasteiger partial charge in [-0.2, -0.15) is 0 Å². The number of likely N-dealkylation sites (N-methyl/N-ethyl adjacent to an activating group) is 1. The monoisotopic (exact) mass is 326 g/mol. The average molecular weight is 326 g/mol. The summed E-state index contributed by atoms with van der Waals surface area (Å²) in [5.41, 5.74) is 2.21. The highest BCUT2D eigenvalue weighted by atomic mass is 16.7. The first-order valence-corrected chi connectivity index (χ1v) is 8.17. The Morgan fingerprint density at radius 1 is 1.08 bits per heavy atom. The van der Waals surface area contributed by atoms with Crippen molar-refractivity contribution in [3.05, 3.63) is 59.7 Å². The molecule has 0 radical (unpaired) electrons. The van der Waals surface area contributed by atoms with Crippen molar-refractivity contribution >= 4 is 5.91 Å². The van der Waals surface area contributed by atoms with Crippen molar-refractivity contribution in [1.29, 1.82) is 0 Å². The maximum Gasteiger partial charge on any atom is 0.236 e. The zero-order chi connectivity index (χ0) is 16.8. The molecule has 1 amide bonds. The Labute approximate surface area is 142 Å². The highest BCUT2D eigenvalue weighted by Crippen LogP contribution is 2.32. The zero-order valence-electron chi connectivity index (χ0n) is 13.8. The van der Waals surface area contributed by atoms with Crippen LogP contribution in [0.3, 0.4) is 0 Å². The SMILES string of the molecule is CCN(Cc1ccccc1)C(=O)CNCc1ccc2c(c1)OCO2. The van der Waals surface area contributed by atoms with E-state index in [-0.39, 0.29) is 12.7 Å². The van der Waals surface area contributed by atoms with Gasteiger partial charge in [-0.05, 0) is 30.2 Å². The first-order valence-electron chi connectivity index (χ1n) is 8.17. The molecule has 3 rings (SSSR count). The molecule has 0 spiro atoms. The van der Waals surface area contributed by atoms with E-state index in [0.717, 1.165) is 22.6 Å². The lowest BCUT2D eigenvalue weighted by molar-refractivity contribution is -0.130. The van der Waals surface area contributed by atoms with Gasteiger partial charge >= 0.3 is 0 Å². The number of nitrogens with zero attached hydrogens (tertiary/aromatic N) is 1. The van der Waals surface area contributed by atoms with Crippen LogP contribution in [0, 0.1) is 0 Å². The van der Waals surface area contributed by atoms with Crippen LogP contribution in [0.5, 0.6) is 11.5 Å². The summed E-state index contributed by atoms with van der Waals surface area (Å²) in [6, 6.07) is 15.9. The molecule has 0 saturated heterocycles. The molecular formula is C19H22N2O3. The largest absolute Gasteiger partial charge is 0.454 e. The number of hydrogen-bond donors (Lipinski definition) is 1. The molecule has 5 nitrogen and oxygen atoms in total. The number of ether oxygens (including phenoxy) is 2. The van der Waals surface area contributed by atoms with Crippen LogP contribution in [0.25, 0.3) is 0 Å². The summed E-state index contributed by atoms with van der Waals surface area (Å²) in [5.74, 6) is 1.64. The Bertz CT molecular complexity index is 688. The van der Waals surface area contributed by atoms with Gasteiger partial charge in [0.25, 0.3) is 0 Å². The van der Waals surface area contributed by atoms with Crippen molar-refractivity contribution < 1.29 is 14.3 Å². The van der Waals surface area contributed by atoms with Crippen LogP contribution in [-0.2, 0) is 17.9 Å². The van der Waals surface area contributed by atoms with Gasteiger partial charge in [0.1, 0.15) is 0 Å². The molecule has 0 aliphatic carbocycles. The Morgan fingerprint density at radius 2 is 1.88 bits per heavy atom. The van der Waals surface area contributed by atoms with Crippen molar-refractivity contribution in [2.24, 2.45) is 0 Å². The molecule has 0 aromatic heterocycles. The smallest absolute Gasteiger partial charge is 0.236 e. The van der Waals surface area contributed by atoms with Crippen molar-refractivity contribution in [2.45, 2.75) is 20.0 Å². The quantitative estimate of drug-likeness (QED) is 0.849. The van der Waals surface area contributed by atoms with Gasteiger partial charge in [-0.1, -0.05) is 36.4 Å². The van der Waals surface area contributed by atoms with Crippen LogP contribution in [0.15, 0.2) is 48.5 Å². The van der Waals surface area contributed by atoms with Crippen LogP contribution in [-0.4, -0.2) is 30.7 Å². The third-order valence-corrected chi connectivity index (χ3v) is 3.99. The van der Waals surface area contributed by atoms with Gasteiger partial charge < -0.3 is 19.7 Å². The highest BCUT2D eigenvalue weighted by molar-refractivity contribution is 5.78. The summed E-state index contributed by atoms with van der Waals surface area (Å²) in [6.07, 6.45) is 0. The van der Waals surface area contributed by atoms with Crippen molar-refractivity contribution in [2.75, 3.05) is 19.9 Å². The molecular weight excluding hydrogens is 304 g/mol. The van der Waals surface area contributed by atoms with Crippen LogP contribution in [0.4, 0.5) is 0 Å². The van der Waals surface area contributed by atoms with Gasteiger partial charge in [-0.3, -0.25) is 4.79 Å². The molecule has 0 fully saturated rings. The number of hydrogen-bond acceptors (Lipinski definition) is 4. The zero-order valence-corrected chi connectivity index (χ0v) is 13.8. The topological polar surface area (TPSA) is 50.8 Å². The fourth-order valence-electron chi connectivity index (χ4n) is 2.66. The van der Waals surface area contributed by atoms with Crippen LogP contribution in [0.1, 0.15) is 18.1 Å². The summed E-state index contributed by atoms with van der Waals surface area (Å²) in [7, 11) is 0. The number of nitrogens with one attached hydrogen (secondary N) is 1. The molecule has 126 valence electrons. The second-order valence-corrected chi connectivity index (χ2v) is 5.68. The van der Waals surface area contributed by atoms with E-state index in [1.54, 1.807) is 0 Å². The van der Waals surface area contributed by atoms with Gasteiger partial charge in [-0.15, -0.1) is 0 Å². The third-order valence-electron chi connectivity index (χ3n) is 3.99. The normalized spacial score (nSPS) is 12.2. The van der Waals surface area contributed by atoms with Crippen molar-refractivity contribution in [3.8, 4) is 11.5 Å². The Kier molecular flexibility index (Phi) is 5.33. The Hall–Kier alpha value is -2.53.